The molecule has 2 aliphatic heterocycles. The fraction of sp³-hybridized carbons (Fsp3) is 0.391. The average molecular weight is 588 g/mol. The fourth-order valence-corrected chi connectivity index (χ4v) is 7.20. The molecule has 0 aliphatic carbocycles. The summed E-state index contributed by atoms with van der Waals surface area (Å²) in [5, 5.41) is 16.1. The molecule has 0 amide bonds. The Hall–Kier alpha value is -2.51. The Kier molecular flexibility index (Phi) is 7.96. The van der Waals surface area contributed by atoms with Crippen molar-refractivity contribution in [1.82, 2.24) is 15.2 Å². The number of hydrogen-bond acceptors (Lipinski definition) is 10. The molecule has 2 unspecified atom stereocenters. The minimum atomic E-state index is -3.57. The first-order chi connectivity index (χ1) is 17.4. The summed E-state index contributed by atoms with van der Waals surface area (Å²) in [5.41, 5.74) is -0.770. The van der Waals surface area contributed by atoms with Crippen molar-refractivity contribution >= 4 is 62.2 Å². The molecule has 1 aromatic carbocycles. The summed E-state index contributed by atoms with van der Waals surface area (Å²) in [6.45, 7) is 3.00. The molecule has 2 N–H and O–H groups in total. The summed E-state index contributed by atoms with van der Waals surface area (Å²) in [4.78, 5) is 36.1. The third-order valence-electron chi connectivity index (χ3n) is 6.19. The number of hydrogen-bond donors (Lipinski definition) is 2. The van der Waals surface area contributed by atoms with Crippen molar-refractivity contribution in [1.29, 1.82) is 0 Å². The molecule has 14 heteroatoms. The zero-order valence-corrected chi connectivity index (χ0v) is 23.0. The van der Waals surface area contributed by atoms with Gasteiger partial charge in [-0.25, -0.2) is 18.2 Å². The Labute approximate surface area is 227 Å². The van der Waals surface area contributed by atoms with Gasteiger partial charge in [-0.1, -0.05) is 29.3 Å². The molecule has 0 spiro atoms. The van der Waals surface area contributed by atoms with E-state index in [1.54, 1.807) is 36.7 Å². The summed E-state index contributed by atoms with van der Waals surface area (Å²) < 4.78 is 30.0. The number of thiazole rings is 1. The standard InChI is InChI=1S/C23H24Cl2N4O6S2/c1-3-35-21(30)17-16(11-29-7-9-37(33,34)12-23(29,2)22(31)32)27-19(20-26-6-8-36-20)28-18(17)14-5-4-13(24)10-15(14)25/h4-6,8,10,18H,3,7,9,11-12H2,1-2H3,(H,27,28)(H,31,32). The molecule has 4 rings (SSSR count). The largest absolute Gasteiger partial charge is 0.480 e. The van der Waals surface area contributed by atoms with E-state index in [-0.39, 0.29) is 36.0 Å². The van der Waals surface area contributed by atoms with Crippen molar-refractivity contribution in [3.8, 4) is 0 Å². The van der Waals surface area contributed by atoms with Gasteiger partial charge in [0.05, 0.1) is 23.7 Å². The first-order valence-corrected chi connectivity index (χ1v) is 14.7. The zero-order chi connectivity index (χ0) is 27.0. The maximum Gasteiger partial charge on any atom is 0.338 e. The number of benzene rings is 1. The summed E-state index contributed by atoms with van der Waals surface area (Å²) in [5.74, 6) is -2.36. The van der Waals surface area contributed by atoms with E-state index in [0.717, 1.165) is 0 Å². The van der Waals surface area contributed by atoms with Crippen LogP contribution in [0.4, 0.5) is 0 Å². The van der Waals surface area contributed by atoms with Crippen molar-refractivity contribution in [2.45, 2.75) is 25.4 Å². The van der Waals surface area contributed by atoms with Gasteiger partial charge in [-0.2, -0.15) is 0 Å². The number of nitrogens with one attached hydrogen (secondary N) is 1. The van der Waals surface area contributed by atoms with Gasteiger partial charge in [-0.15, -0.1) is 11.3 Å². The van der Waals surface area contributed by atoms with Crippen LogP contribution in [0.25, 0.3) is 0 Å². The topological polar surface area (TPSA) is 138 Å². The molecular formula is C23H24Cl2N4O6S2. The van der Waals surface area contributed by atoms with Gasteiger partial charge in [-0.05, 0) is 26.0 Å². The van der Waals surface area contributed by atoms with E-state index < -0.39 is 39.1 Å². The Balaban J connectivity index is 1.87. The van der Waals surface area contributed by atoms with Gasteiger partial charge >= 0.3 is 11.9 Å². The number of ether oxygens (including phenoxy) is 1. The number of esters is 1. The molecule has 2 aliphatic rings. The predicted molar refractivity (Wildman–Crippen MR) is 141 cm³/mol. The number of aliphatic imine (C=N–C) groups is 1. The third-order valence-corrected chi connectivity index (χ3v) is 9.34. The monoisotopic (exact) mass is 586 g/mol. The number of rotatable bonds is 7. The van der Waals surface area contributed by atoms with Gasteiger partial charge in [0.25, 0.3) is 0 Å². The minimum Gasteiger partial charge on any atom is -0.480 e. The molecule has 37 heavy (non-hydrogen) atoms. The number of aromatic nitrogens is 1. The highest BCUT2D eigenvalue weighted by Gasteiger charge is 2.48. The van der Waals surface area contributed by atoms with E-state index in [1.165, 1.54) is 23.2 Å². The Morgan fingerprint density at radius 3 is 2.73 bits per heavy atom. The second kappa shape index (κ2) is 10.7. The number of nitrogens with zero attached hydrogens (tertiary/aromatic N) is 3. The molecule has 0 radical (unpaired) electrons. The van der Waals surface area contributed by atoms with Crippen molar-refractivity contribution in [3.05, 3.63) is 61.7 Å². The number of sulfone groups is 1. The smallest absolute Gasteiger partial charge is 0.338 e. The summed E-state index contributed by atoms with van der Waals surface area (Å²) in [6, 6.07) is 3.92. The first kappa shape index (κ1) is 27.5. The van der Waals surface area contributed by atoms with Crippen LogP contribution in [0.3, 0.4) is 0 Å². The molecule has 1 saturated heterocycles. The van der Waals surface area contributed by atoms with Crippen molar-refractivity contribution in [3.63, 3.8) is 0 Å². The average Bonchev–Trinajstić information content (AvgIpc) is 3.35. The van der Waals surface area contributed by atoms with E-state index >= 15 is 0 Å². The van der Waals surface area contributed by atoms with E-state index in [2.05, 4.69) is 10.3 Å². The van der Waals surface area contributed by atoms with E-state index in [9.17, 15) is 23.1 Å². The minimum absolute atomic E-state index is 0.0392. The lowest BCUT2D eigenvalue weighted by Gasteiger charge is -2.42. The molecule has 1 fully saturated rings. The number of carboxylic acid groups (broad SMARTS) is 1. The number of aliphatic carboxylic acids is 1. The number of carbonyl (C=O) groups is 2. The van der Waals surface area contributed by atoms with Gasteiger partial charge in [0, 0.05) is 46.0 Å². The molecular weight excluding hydrogens is 563 g/mol. The summed E-state index contributed by atoms with van der Waals surface area (Å²) in [6.07, 6.45) is 1.61. The maximum atomic E-state index is 13.3. The molecule has 2 atom stereocenters. The van der Waals surface area contributed by atoms with Crippen LogP contribution in [-0.2, 0) is 24.2 Å². The normalized spacial score (nSPS) is 23.8. The maximum absolute atomic E-state index is 13.3. The van der Waals surface area contributed by atoms with Crippen molar-refractivity contribution in [2.24, 2.45) is 4.99 Å². The van der Waals surface area contributed by atoms with E-state index in [0.29, 0.717) is 27.1 Å². The number of halogens is 2. The van der Waals surface area contributed by atoms with Crippen LogP contribution in [0.1, 0.15) is 30.5 Å². The van der Waals surface area contributed by atoms with Crippen LogP contribution in [0, 0.1) is 0 Å². The number of carbonyl (C=O) groups excluding carboxylic acids is 1. The molecule has 2 aromatic rings. The van der Waals surface area contributed by atoms with Crippen LogP contribution in [0.15, 0.2) is 46.0 Å². The molecule has 3 heterocycles. The van der Waals surface area contributed by atoms with Crippen LogP contribution in [-0.4, -0.2) is 77.9 Å². The lowest BCUT2D eigenvalue weighted by Crippen LogP contribution is -2.62. The Morgan fingerprint density at radius 2 is 2.11 bits per heavy atom. The van der Waals surface area contributed by atoms with Crippen LogP contribution >= 0.6 is 34.5 Å². The second-order valence-electron chi connectivity index (χ2n) is 8.71. The Bertz CT molecular complexity index is 1390. The van der Waals surface area contributed by atoms with Gasteiger partial charge in [0.2, 0.25) is 0 Å². The molecule has 198 valence electrons. The van der Waals surface area contributed by atoms with Crippen molar-refractivity contribution in [2.75, 3.05) is 31.2 Å². The van der Waals surface area contributed by atoms with Crippen LogP contribution in [0.2, 0.25) is 10.0 Å². The second-order valence-corrected chi connectivity index (χ2v) is 12.6. The third kappa shape index (κ3) is 5.68. The highest BCUT2D eigenvalue weighted by atomic mass is 35.5. The van der Waals surface area contributed by atoms with Gasteiger partial charge in [0.1, 0.15) is 11.6 Å². The molecule has 0 bridgehead atoms. The zero-order valence-electron chi connectivity index (χ0n) is 19.9. The molecule has 10 nitrogen and oxygen atoms in total. The van der Waals surface area contributed by atoms with Crippen LogP contribution < -0.4 is 5.32 Å². The fourth-order valence-electron chi connectivity index (χ4n) is 4.30. The summed E-state index contributed by atoms with van der Waals surface area (Å²) >= 11 is 13.9. The predicted octanol–water partition coefficient (Wildman–Crippen LogP) is 2.93. The quantitative estimate of drug-likeness (QED) is 0.469. The number of carboxylic acids is 1. The highest BCUT2D eigenvalue weighted by molar-refractivity contribution is 7.91. The van der Waals surface area contributed by atoms with Crippen LogP contribution in [0.5, 0.6) is 0 Å². The lowest BCUT2D eigenvalue weighted by atomic mass is 9.94. The Morgan fingerprint density at radius 1 is 1.35 bits per heavy atom. The SMILES string of the molecule is CCOC(=O)C1=C(CN2CCS(=O)(=O)CC2(C)C(=O)O)NC(c2nccs2)=NC1c1ccc(Cl)cc1Cl. The number of amidine groups is 1. The molecule has 1 aromatic heterocycles. The van der Waals surface area contributed by atoms with Gasteiger partial charge in [0.15, 0.2) is 20.7 Å². The first-order valence-electron chi connectivity index (χ1n) is 11.2. The highest BCUT2D eigenvalue weighted by Crippen LogP contribution is 2.38. The lowest BCUT2D eigenvalue weighted by molar-refractivity contribution is -0.149. The van der Waals surface area contributed by atoms with E-state index in [1.807, 2.05) is 0 Å². The van der Waals surface area contributed by atoms with Gasteiger partial charge < -0.3 is 15.2 Å². The van der Waals surface area contributed by atoms with E-state index in [4.69, 9.17) is 32.9 Å². The summed E-state index contributed by atoms with van der Waals surface area (Å²) in [7, 11) is -3.57. The van der Waals surface area contributed by atoms with Crippen molar-refractivity contribution < 1.29 is 27.9 Å². The molecule has 0 saturated carbocycles. The van der Waals surface area contributed by atoms with Gasteiger partial charge in [-0.3, -0.25) is 14.7 Å².